The van der Waals surface area contributed by atoms with Gasteiger partial charge in [0.15, 0.2) is 0 Å². The molecule has 0 atom stereocenters. The van der Waals surface area contributed by atoms with Crippen LogP contribution in [0.4, 0.5) is 0 Å². The van der Waals surface area contributed by atoms with Crippen LogP contribution in [-0.4, -0.2) is 11.8 Å². The van der Waals surface area contributed by atoms with E-state index >= 15 is 0 Å². The summed E-state index contributed by atoms with van der Waals surface area (Å²) in [5.74, 6) is 2.28. The number of allylic oxidation sites excluding steroid dienone is 1. The first-order chi connectivity index (χ1) is 6.25. The van der Waals surface area contributed by atoms with E-state index in [1.165, 1.54) is 0 Å². The normalized spacial score (nSPS) is 8.77. The number of carbonyl (C=O) groups is 1. The molecule has 0 heterocycles. The molecule has 0 radical (unpaired) electrons. The van der Waals surface area contributed by atoms with Gasteiger partial charge in [0.25, 0.3) is 5.91 Å². The fraction of sp³-hybridized carbons (Fsp3) is 0.182. The zero-order valence-electron chi connectivity index (χ0n) is 7.74. The maximum atomic E-state index is 11.4. The topological polar surface area (TPSA) is 29.4 Å². The Bertz CT molecular complexity index is 373. The molecule has 2 heteroatoms. The number of amides is 1. The second-order valence-corrected chi connectivity index (χ2v) is 2.65. The first kappa shape index (κ1) is 9.43. The first-order valence-corrected chi connectivity index (χ1v) is 4.09. The summed E-state index contributed by atoms with van der Waals surface area (Å²) in [7, 11) is 0. The van der Waals surface area contributed by atoms with Crippen LogP contribution in [0.3, 0.4) is 0 Å². The Morgan fingerprint density at radius 3 is 2.77 bits per heavy atom. The van der Waals surface area contributed by atoms with E-state index in [4.69, 9.17) is 0 Å². The molecule has 13 heavy (non-hydrogen) atoms. The van der Waals surface area contributed by atoms with Gasteiger partial charge in [0.2, 0.25) is 0 Å². The van der Waals surface area contributed by atoms with Crippen molar-refractivity contribution in [1.82, 2.24) is 0 Å². The molecule has 0 aliphatic rings. The fourth-order valence-electron chi connectivity index (χ4n) is 0.996. The Balaban J connectivity index is 3.02. The van der Waals surface area contributed by atoms with Crippen LogP contribution in [0.2, 0.25) is 0 Å². The molecule has 0 fully saturated rings. The largest absolute Gasteiger partial charge is 0.285 e. The highest BCUT2D eigenvalue weighted by atomic mass is 16.1. The molecule has 1 aromatic rings. The molecule has 0 unspecified atom stereocenters. The Morgan fingerprint density at radius 2 is 2.15 bits per heavy atom. The number of hydrogen-bond donors (Lipinski definition) is 0. The fourth-order valence-corrected chi connectivity index (χ4v) is 0.996. The van der Waals surface area contributed by atoms with Gasteiger partial charge in [0.05, 0.1) is 0 Å². The number of carbonyl (C=O) groups excluding carboxylic acids is 1. The molecule has 0 saturated heterocycles. The Hall–Kier alpha value is -1.66. The van der Waals surface area contributed by atoms with Gasteiger partial charge in [-0.05, 0) is 37.4 Å². The predicted octanol–water partition coefficient (Wildman–Crippen LogP) is 2.38. The number of aryl methyl sites for hydroxylation is 1. The molecule has 0 N–H and O–H groups in total. The van der Waals surface area contributed by atoms with Crippen LogP contribution in [-0.2, 0) is 0 Å². The summed E-state index contributed by atoms with van der Waals surface area (Å²) < 4.78 is 0. The Kier molecular flexibility index (Phi) is 3.18. The standard InChI is InChI=1S/C11H11NO/c1-3-8-12-11(13)10-7-5-4-6-9(10)2/h3-7H,1-2H3. The van der Waals surface area contributed by atoms with Crippen LogP contribution < -0.4 is 0 Å². The van der Waals surface area contributed by atoms with Crippen molar-refractivity contribution in [2.75, 3.05) is 0 Å². The molecule has 1 rings (SSSR count). The summed E-state index contributed by atoms with van der Waals surface area (Å²) in [6, 6.07) is 7.37. The quantitative estimate of drug-likeness (QED) is 0.599. The van der Waals surface area contributed by atoms with E-state index in [0.29, 0.717) is 5.56 Å². The first-order valence-electron chi connectivity index (χ1n) is 4.09. The summed E-state index contributed by atoms with van der Waals surface area (Å²) in [6.45, 7) is 3.66. The molecule has 2 nitrogen and oxygen atoms in total. The molecular formula is C11H11NO. The average Bonchev–Trinajstić information content (AvgIpc) is 2.15. The van der Waals surface area contributed by atoms with Crippen LogP contribution in [0, 0.1) is 6.92 Å². The lowest BCUT2D eigenvalue weighted by Crippen LogP contribution is -1.96. The number of rotatable bonds is 1. The van der Waals surface area contributed by atoms with E-state index < -0.39 is 0 Å². The SMILES string of the molecule is CC=C=NC(=O)c1ccccc1C. The smallest absolute Gasteiger partial charge is 0.266 e. The minimum atomic E-state index is -0.240. The van der Waals surface area contributed by atoms with Crippen molar-refractivity contribution in [2.24, 2.45) is 4.99 Å². The van der Waals surface area contributed by atoms with Crippen molar-refractivity contribution in [3.05, 3.63) is 41.5 Å². The highest BCUT2D eigenvalue weighted by Gasteiger charge is 2.04. The number of hydrogen-bond acceptors (Lipinski definition) is 1. The monoisotopic (exact) mass is 173 g/mol. The summed E-state index contributed by atoms with van der Waals surface area (Å²) in [5, 5.41) is 0. The molecule has 0 aliphatic heterocycles. The maximum Gasteiger partial charge on any atom is 0.285 e. The van der Waals surface area contributed by atoms with Crippen molar-refractivity contribution >= 4 is 11.8 Å². The van der Waals surface area contributed by atoms with Gasteiger partial charge in [-0.25, -0.2) is 0 Å². The Morgan fingerprint density at radius 1 is 1.46 bits per heavy atom. The van der Waals surface area contributed by atoms with Gasteiger partial charge >= 0.3 is 0 Å². The van der Waals surface area contributed by atoms with Crippen molar-refractivity contribution < 1.29 is 4.79 Å². The van der Waals surface area contributed by atoms with E-state index in [2.05, 4.69) is 10.9 Å². The summed E-state index contributed by atoms with van der Waals surface area (Å²) in [6.07, 6.45) is 1.61. The molecule has 0 bridgehead atoms. The molecule has 0 spiro atoms. The second-order valence-electron chi connectivity index (χ2n) is 2.65. The summed E-state index contributed by atoms with van der Waals surface area (Å²) >= 11 is 0. The third kappa shape index (κ3) is 2.39. The van der Waals surface area contributed by atoms with E-state index in [-0.39, 0.29) is 5.91 Å². The van der Waals surface area contributed by atoms with Gasteiger partial charge in [0.1, 0.15) is 0 Å². The second kappa shape index (κ2) is 4.39. The van der Waals surface area contributed by atoms with Gasteiger partial charge in [-0.3, -0.25) is 4.79 Å². The highest BCUT2D eigenvalue weighted by molar-refractivity contribution is 5.99. The van der Waals surface area contributed by atoms with Crippen molar-refractivity contribution in [2.45, 2.75) is 13.8 Å². The number of aliphatic imine (C=N–C) groups is 1. The van der Waals surface area contributed by atoms with Gasteiger partial charge in [-0.2, -0.15) is 4.99 Å². The highest BCUT2D eigenvalue weighted by Crippen LogP contribution is 2.07. The van der Waals surface area contributed by atoms with Gasteiger partial charge in [-0.1, -0.05) is 18.2 Å². The maximum absolute atomic E-state index is 11.4. The van der Waals surface area contributed by atoms with Gasteiger partial charge < -0.3 is 0 Å². The molecule has 0 aliphatic carbocycles. The number of benzene rings is 1. The molecule has 0 aromatic heterocycles. The average molecular weight is 173 g/mol. The molecule has 0 saturated carbocycles. The van der Waals surface area contributed by atoms with Crippen LogP contribution >= 0.6 is 0 Å². The zero-order valence-corrected chi connectivity index (χ0v) is 7.74. The lowest BCUT2D eigenvalue weighted by molar-refractivity contribution is 0.100. The lowest BCUT2D eigenvalue weighted by atomic mass is 10.1. The predicted molar refractivity (Wildman–Crippen MR) is 53.2 cm³/mol. The molecule has 1 aromatic carbocycles. The van der Waals surface area contributed by atoms with Crippen molar-refractivity contribution in [3.63, 3.8) is 0 Å². The minimum absolute atomic E-state index is 0.240. The van der Waals surface area contributed by atoms with Crippen molar-refractivity contribution in [1.29, 1.82) is 0 Å². The van der Waals surface area contributed by atoms with Gasteiger partial charge in [0, 0.05) is 5.56 Å². The van der Waals surface area contributed by atoms with E-state index in [0.717, 1.165) is 5.56 Å². The third-order valence-electron chi connectivity index (χ3n) is 1.67. The van der Waals surface area contributed by atoms with Gasteiger partial charge in [-0.15, -0.1) is 0 Å². The minimum Gasteiger partial charge on any atom is -0.266 e. The van der Waals surface area contributed by atoms with E-state index in [9.17, 15) is 4.79 Å². The van der Waals surface area contributed by atoms with E-state index in [1.807, 2.05) is 25.1 Å². The lowest BCUT2D eigenvalue weighted by Gasteiger charge is -1.97. The van der Waals surface area contributed by atoms with Crippen LogP contribution in [0.25, 0.3) is 0 Å². The van der Waals surface area contributed by atoms with Crippen LogP contribution in [0.15, 0.2) is 35.3 Å². The summed E-state index contributed by atoms with van der Waals surface area (Å²) in [5.41, 5.74) is 1.58. The molecule has 1 amide bonds. The van der Waals surface area contributed by atoms with Crippen LogP contribution in [0.1, 0.15) is 22.8 Å². The van der Waals surface area contributed by atoms with Crippen molar-refractivity contribution in [3.8, 4) is 0 Å². The van der Waals surface area contributed by atoms with E-state index in [1.54, 1.807) is 19.1 Å². The van der Waals surface area contributed by atoms with Crippen LogP contribution in [0.5, 0.6) is 0 Å². The molecule has 66 valence electrons. The Labute approximate surface area is 77.6 Å². The summed E-state index contributed by atoms with van der Waals surface area (Å²) in [4.78, 5) is 15.0. The third-order valence-corrected chi connectivity index (χ3v) is 1.67. The molecular weight excluding hydrogens is 162 g/mol. The number of nitrogens with zero attached hydrogens (tertiary/aromatic N) is 1. The zero-order chi connectivity index (χ0) is 9.68.